The predicted molar refractivity (Wildman–Crippen MR) is 82.5 cm³/mol. The van der Waals surface area contributed by atoms with Crippen molar-refractivity contribution >= 4 is 8.07 Å². The first-order valence-corrected chi connectivity index (χ1v) is 10.2. The fraction of sp³-hybridized carbons (Fsp3) is 0.500. The molecule has 0 aliphatic heterocycles. The quantitative estimate of drug-likeness (QED) is 0.690. The van der Waals surface area contributed by atoms with Gasteiger partial charge in [0.25, 0.3) is 0 Å². The Morgan fingerprint density at radius 2 is 1.72 bits per heavy atom. The van der Waals surface area contributed by atoms with Crippen LogP contribution in [0, 0.1) is 5.92 Å². The molecule has 0 fully saturated rings. The van der Waals surface area contributed by atoms with Crippen LogP contribution in [0.3, 0.4) is 0 Å². The number of ether oxygens (including phenoxy) is 1. The van der Waals surface area contributed by atoms with Crippen LogP contribution < -0.4 is 0 Å². The molecule has 0 saturated heterocycles. The standard InChI is InChI=1S/C16H26OSi/c1-7-15(18(4,5)6)13(2)16(17-3)14-11-9-8-10-12-14/h7-13,16H,1-6H3/b15-7-/t13-,16+/m0/s1. The van der Waals surface area contributed by atoms with E-state index in [0.717, 1.165) is 0 Å². The molecule has 1 rings (SSSR count). The van der Waals surface area contributed by atoms with Gasteiger partial charge >= 0.3 is 0 Å². The molecule has 0 bridgehead atoms. The minimum atomic E-state index is -1.28. The summed E-state index contributed by atoms with van der Waals surface area (Å²) in [4.78, 5) is 0. The summed E-state index contributed by atoms with van der Waals surface area (Å²) in [5.41, 5.74) is 1.27. The summed E-state index contributed by atoms with van der Waals surface area (Å²) in [6.07, 6.45) is 2.45. The van der Waals surface area contributed by atoms with Crippen molar-refractivity contribution in [3.63, 3.8) is 0 Å². The first-order valence-electron chi connectivity index (χ1n) is 6.66. The molecule has 0 heterocycles. The summed E-state index contributed by atoms with van der Waals surface area (Å²) in [5.74, 6) is 0.439. The van der Waals surface area contributed by atoms with Crippen LogP contribution in [-0.2, 0) is 4.74 Å². The fourth-order valence-electron chi connectivity index (χ4n) is 2.81. The average Bonchev–Trinajstić information content (AvgIpc) is 2.30. The Morgan fingerprint density at radius 1 is 1.17 bits per heavy atom. The van der Waals surface area contributed by atoms with E-state index >= 15 is 0 Å². The zero-order chi connectivity index (χ0) is 13.8. The molecule has 0 radical (unpaired) electrons. The van der Waals surface area contributed by atoms with E-state index in [1.807, 2.05) is 7.11 Å². The molecule has 2 heteroatoms. The second kappa shape index (κ2) is 6.35. The molecule has 2 atom stereocenters. The van der Waals surface area contributed by atoms with Crippen LogP contribution in [0.2, 0.25) is 19.6 Å². The van der Waals surface area contributed by atoms with E-state index < -0.39 is 8.07 Å². The van der Waals surface area contributed by atoms with Gasteiger partial charge in [0.05, 0.1) is 14.2 Å². The SMILES string of the molecule is C/C=C(/[C@H](C)[C@@H](OC)c1ccccc1)[Si](C)(C)C. The van der Waals surface area contributed by atoms with Crippen molar-refractivity contribution in [3.05, 3.63) is 47.2 Å². The molecule has 100 valence electrons. The smallest absolute Gasteiger partial charge is 0.0879 e. The van der Waals surface area contributed by atoms with E-state index in [1.165, 1.54) is 5.56 Å². The van der Waals surface area contributed by atoms with Crippen molar-refractivity contribution in [1.82, 2.24) is 0 Å². The van der Waals surface area contributed by atoms with E-state index in [4.69, 9.17) is 4.74 Å². The minimum Gasteiger partial charge on any atom is -0.376 e. The van der Waals surface area contributed by atoms with Crippen molar-refractivity contribution in [2.45, 2.75) is 39.6 Å². The van der Waals surface area contributed by atoms with Gasteiger partial charge in [-0.15, -0.1) is 0 Å². The van der Waals surface area contributed by atoms with E-state index in [2.05, 4.69) is 69.9 Å². The van der Waals surface area contributed by atoms with Crippen LogP contribution in [-0.4, -0.2) is 15.2 Å². The highest BCUT2D eigenvalue weighted by molar-refractivity contribution is 6.83. The lowest BCUT2D eigenvalue weighted by atomic mass is 9.96. The van der Waals surface area contributed by atoms with E-state index in [-0.39, 0.29) is 6.10 Å². The van der Waals surface area contributed by atoms with Gasteiger partial charge in [-0.25, -0.2) is 0 Å². The molecule has 0 aliphatic rings. The minimum absolute atomic E-state index is 0.157. The van der Waals surface area contributed by atoms with Gasteiger partial charge in [-0.2, -0.15) is 0 Å². The Balaban J connectivity index is 3.03. The highest BCUT2D eigenvalue weighted by Crippen LogP contribution is 2.34. The topological polar surface area (TPSA) is 9.23 Å². The molecule has 0 aliphatic carbocycles. The number of hydrogen-bond acceptors (Lipinski definition) is 1. The van der Waals surface area contributed by atoms with E-state index in [1.54, 1.807) is 5.20 Å². The first-order chi connectivity index (χ1) is 8.41. The number of methoxy groups -OCH3 is 1. The largest absolute Gasteiger partial charge is 0.376 e. The second-order valence-corrected chi connectivity index (χ2v) is 10.9. The van der Waals surface area contributed by atoms with Crippen molar-refractivity contribution in [3.8, 4) is 0 Å². The molecule has 0 N–H and O–H groups in total. The maximum absolute atomic E-state index is 5.76. The zero-order valence-corrected chi connectivity index (χ0v) is 13.5. The lowest BCUT2D eigenvalue weighted by molar-refractivity contribution is 0.0722. The molecular weight excluding hydrogens is 236 g/mol. The number of allylic oxidation sites excluding steroid dienone is 1. The van der Waals surface area contributed by atoms with E-state index in [9.17, 15) is 0 Å². The van der Waals surface area contributed by atoms with Crippen LogP contribution in [0.15, 0.2) is 41.6 Å². The third-order valence-electron chi connectivity index (χ3n) is 3.50. The average molecular weight is 262 g/mol. The summed E-state index contributed by atoms with van der Waals surface area (Å²) in [7, 11) is 0.531. The fourth-order valence-corrected chi connectivity index (χ4v) is 5.20. The predicted octanol–water partition coefficient (Wildman–Crippen LogP) is 4.83. The summed E-state index contributed by atoms with van der Waals surface area (Å²) in [6, 6.07) is 10.5. The molecular formula is C16H26OSi. The number of benzene rings is 1. The van der Waals surface area contributed by atoms with Crippen LogP contribution in [0.5, 0.6) is 0 Å². The van der Waals surface area contributed by atoms with Crippen LogP contribution in [0.4, 0.5) is 0 Å². The van der Waals surface area contributed by atoms with Gasteiger partial charge in [0, 0.05) is 13.0 Å². The maximum Gasteiger partial charge on any atom is 0.0879 e. The molecule has 0 aromatic heterocycles. The molecule has 1 aromatic carbocycles. The van der Waals surface area contributed by atoms with Crippen molar-refractivity contribution in [2.75, 3.05) is 7.11 Å². The number of hydrogen-bond donors (Lipinski definition) is 0. The Kier molecular flexibility index (Phi) is 5.36. The van der Waals surface area contributed by atoms with Crippen molar-refractivity contribution < 1.29 is 4.74 Å². The normalized spacial score (nSPS) is 16.4. The van der Waals surface area contributed by atoms with Crippen molar-refractivity contribution in [2.24, 2.45) is 5.92 Å². The van der Waals surface area contributed by atoms with Gasteiger partial charge in [-0.05, 0) is 12.5 Å². The van der Waals surface area contributed by atoms with Crippen LogP contribution >= 0.6 is 0 Å². The Morgan fingerprint density at radius 3 is 2.11 bits per heavy atom. The summed E-state index contributed by atoms with van der Waals surface area (Å²) >= 11 is 0. The first kappa shape index (κ1) is 15.2. The van der Waals surface area contributed by atoms with Gasteiger partial charge in [-0.1, -0.05) is 68.2 Å². The lowest BCUT2D eigenvalue weighted by Gasteiger charge is -2.32. The molecule has 1 nitrogen and oxygen atoms in total. The van der Waals surface area contributed by atoms with Gasteiger partial charge < -0.3 is 4.74 Å². The highest BCUT2D eigenvalue weighted by atomic mass is 28.3. The third-order valence-corrected chi connectivity index (χ3v) is 5.98. The third kappa shape index (κ3) is 3.56. The Bertz CT molecular complexity index is 389. The van der Waals surface area contributed by atoms with Crippen LogP contribution in [0.25, 0.3) is 0 Å². The monoisotopic (exact) mass is 262 g/mol. The highest BCUT2D eigenvalue weighted by Gasteiger charge is 2.29. The molecule has 1 aromatic rings. The number of rotatable bonds is 5. The molecule has 18 heavy (non-hydrogen) atoms. The maximum atomic E-state index is 5.76. The van der Waals surface area contributed by atoms with Crippen LogP contribution in [0.1, 0.15) is 25.5 Å². The molecule has 0 unspecified atom stereocenters. The Labute approximate surface area is 113 Å². The zero-order valence-electron chi connectivity index (χ0n) is 12.5. The summed E-state index contributed by atoms with van der Waals surface area (Å²) in [5, 5.41) is 1.58. The van der Waals surface area contributed by atoms with Gasteiger partial charge in [0.15, 0.2) is 0 Å². The van der Waals surface area contributed by atoms with Gasteiger partial charge in [0.1, 0.15) is 0 Å². The summed E-state index contributed by atoms with van der Waals surface area (Å²) in [6.45, 7) is 11.6. The van der Waals surface area contributed by atoms with Gasteiger partial charge in [0.2, 0.25) is 0 Å². The molecule has 0 spiro atoms. The summed E-state index contributed by atoms with van der Waals surface area (Å²) < 4.78 is 5.76. The molecule has 0 saturated carbocycles. The lowest BCUT2D eigenvalue weighted by Crippen LogP contribution is -2.31. The van der Waals surface area contributed by atoms with Crippen molar-refractivity contribution in [1.29, 1.82) is 0 Å². The van der Waals surface area contributed by atoms with E-state index in [0.29, 0.717) is 5.92 Å². The second-order valence-electron chi connectivity index (χ2n) is 5.85. The Hall–Kier alpha value is -0.863. The van der Waals surface area contributed by atoms with Gasteiger partial charge in [-0.3, -0.25) is 0 Å². The molecule has 0 amide bonds.